The number of ether oxygens (including phenoxy) is 1. The van der Waals surface area contributed by atoms with Gasteiger partial charge in [0, 0.05) is 11.6 Å². The Bertz CT molecular complexity index is 932. The van der Waals surface area contributed by atoms with Gasteiger partial charge in [0.2, 0.25) is 0 Å². The lowest BCUT2D eigenvalue weighted by Crippen LogP contribution is -2.49. The standard InChI is InChI=1S/C20H19NO5S2/c1-3-4-15(19(23)24)21-18(22)17(28-20(21)27)11-14-9-10-16(26-14)12-5-7-13(25-2)8-6-12/h5-11,15H,3-4H2,1-2H3,(H,23,24)/p-1/b17-11+/t15-/m0/s1. The van der Waals surface area contributed by atoms with Crippen molar-refractivity contribution in [3.8, 4) is 17.1 Å². The van der Waals surface area contributed by atoms with Gasteiger partial charge in [-0.1, -0.05) is 37.3 Å². The van der Waals surface area contributed by atoms with E-state index < -0.39 is 17.9 Å². The van der Waals surface area contributed by atoms with Crippen LogP contribution in [0.2, 0.25) is 0 Å². The molecular weight excluding hydrogens is 398 g/mol. The molecular formula is C20H18NO5S2-. The molecule has 0 bridgehead atoms. The molecule has 1 saturated heterocycles. The summed E-state index contributed by atoms with van der Waals surface area (Å²) in [5.41, 5.74) is 0.868. The lowest BCUT2D eigenvalue weighted by atomic mass is 10.1. The van der Waals surface area contributed by atoms with Crippen LogP contribution in [-0.2, 0) is 9.59 Å². The first kappa shape index (κ1) is 20.2. The number of carboxylic acid groups (broad SMARTS) is 1. The third-order valence-corrected chi connectivity index (χ3v) is 5.57. The van der Waals surface area contributed by atoms with Crippen molar-refractivity contribution in [2.75, 3.05) is 7.11 Å². The number of hydrogen-bond acceptors (Lipinski definition) is 7. The summed E-state index contributed by atoms with van der Waals surface area (Å²) >= 11 is 6.28. The van der Waals surface area contributed by atoms with Crippen molar-refractivity contribution in [1.82, 2.24) is 4.90 Å². The van der Waals surface area contributed by atoms with Gasteiger partial charge in [0.15, 0.2) is 0 Å². The fraction of sp³-hybridized carbons (Fsp3) is 0.250. The maximum Gasteiger partial charge on any atom is 0.266 e. The van der Waals surface area contributed by atoms with Gasteiger partial charge >= 0.3 is 0 Å². The minimum absolute atomic E-state index is 0.209. The van der Waals surface area contributed by atoms with Gasteiger partial charge in [0.25, 0.3) is 5.91 Å². The molecule has 1 fully saturated rings. The van der Waals surface area contributed by atoms with Crippen molar-refractivity contribution in [2.45, 2.75) is 25.8 Å². The maximum absolute atomic E-state index is 12.7. The van der Waals surface area contributed by atoms with Crippen LogP contribution >= 0.6 is 24.0 Å². The number of hydrogen-bond donors (Lipinski definition) is 0. The predicted octanol–water partition coefficient (Wildman–Crippen LogP) is 3.08. The largest absolute Gasteiger partial charge is 0.548 e. The van der Waals surface area contributed by atoms with E-state index in [0.717, 1.165) is 28.0 Å². The van der Waals surface area contributed by atoms with Crippen molar-refractivity contribution < 1.29 is 23.8 Å². The summed E-state index contributed by atoms with van der Waals surface area (Å²) in [6, 6.07) is 9.89. The van der Waals surface area contributed by atoms with E-state index in [1.165, 1.54) is 0 Å². The molecule has 1 amide bonds. The summed E-state index contributed by atoms with van der Waals surface area (Å²) in [6.07, 6.45) is 2.45. The molecule has 146 valence electrons. The first-order chi connectivity index (χ1) is 13.4. The molecule has 1 aliphatic heterocycles. The van der Waals surface area contributed by atoms with Crippen molar-refractivity contribution in [1.29, 1.82) is 0 Å². The van der Waals surface area contributed by atoms with Crippen LogP contribution in [0.5, 0.6) is 5.75 Å². The number of rotatable bonds is 7. The van der Waals surface area contributed by atoms with Gasteiger partial charge in [-0.25, -0.2) is 0 Å². The lowest BCUT2D eigenvalue weighted by Gasteiger charge is -2.27. The second-order valence-electron chi connectivity index (χ2n) is 6.11. The molecule has 0 aliphatic carbocycles. The number of amides is 1. The van der Waals surface area contributed by atoms with Crippen molar-refractivity contribution >= 4 is 46.3 Å². The molecule has 2 heterocycles. The molecule has 1 aromatic carbocycles. The maximum atomic E-state index is 12.7. The van der Waals surface area contributed by atoms with Gasteiger partial charge in [-0.3, -0.25) is 9.69 Å². The smallest absolute Gasteiger partial charge is 0.266 e. The Morgan fingerprint density at radius 2 is 2.04 bits per heavy atom. The van der Waals surface area contributed by atoms with Crippen LogP contribution in [0.4, 0.5) is 0 Å². The fourth-order valence-electron chi connectivity index (χ4n) is 2.84. The van der Waals surface area contributed by atoms with Crippen LogP contribution < -0.4 is 9.84 Å². The van der Waals surface area contributed by atoms with E-state index in [1.807, 2.05) is 31.2 Å². The minimum atomic E-state index is -1.31. The van der Waals surface area contributed by atoms with Crippen LogP contribution in [0.25, 0.3) is 17.4 Å². The van der Waals surface area contributed by atoms with E-state index in [2.05, 4.69) is 0 Å². The number of carboxylic acids is 1. The summed E-state index contributed by atoms with van der Waals surface area (Å²) in [7, 11) is 1.60. The highest BCUT2D eigenvalue weighted by Gasteiger charge is 2.37. The fourth-order valence-corrected chi connectivity index (χ4v) is 4.18. The summed E-state index contributed by atoms with van der Waals surface area (Å²) in [4.78, 5) is 25.6. The zero-order valence-corrected chi connectivity index (χ0v) is 17.0. The molecule has 0 unspecified atom stereocenters. The molecule has 0 N–H and O–H groups in total. The quantitative estimate of drug-likeness (QED) is 0.507. The summed E-state index contributed by atoms with van der Waals surface area (Å²) in [6.45, 7) is 1.84. The van der Waals surface area contributed by atoms with Gasteiger partial charge in [-0.2, -0.15) is 0 Å². The molecule has 0 saturated carbocycles. The van der Waals surface area contributed by atoms with Gasteiger partial charge in [0.1, 0.15) is 21.6 Å². The highest BCUT2D eigenvalue weighted by molar-refractivity contribution is 8.26. The Morgan fingerprint density at radius 1 is 1.32 bits per heavy atom. The molecule has 28 heavy (non-hydrogen) atoms. The Balaban J connectivity index is 1.82. The van der Waals surface area contributed by atoms with E-state index in [0.29, 0.717) is 22.8 Å². The Hall–Kier alpha value is -2.58. The number of nitrogens with zero attached hydrogens (tertiary/aromatic N) is 1. The van der Waals surface area contributed by atoms with Crippen LogP contribution in [0.15, 0.2) is 45.7 Å². The first-order valence-corrected chi connectivity index (χ1v) is 9.89. The van der Waals surface area contributed by atoms with Crippen LogP contribution in [0.1, 0.15) is 25.5 Å². The molecule has 0 radical (unpaired) electrons. The summed E-state index contributed by atoms with van der Waals surface area (Å²) in [5, 5.41) is 11.4. The van der Waals surface area contributed by atoms with Gasteiger partial charge in [-0.05, 0) is 42.8 Å². The van der Waals surface area contributed by atoms with Gasteiger partial charge in [0.05, 0.1) is 24.0 Å². The number of furan rings is 1. The Labute approximate surface area is 172 Å². The number of carbonyl (C=O) groups is 2. The van der Waals surface area contributed by atoms with Crippen molar-refractivity contribution in [3.63, 3.8) is 0 Å². The topological polar surface area (TPSA) is 82.8 Å². The molecule has 0 spiro atoms. The number of benzene rings is 1. The minimum Gasteiger partial charge on any atom is -0.548 e. The highest BCUT2D eigenvalue weighted by Crippen LogP contribution is 2.35. The SMILES string of the molecule is CCC[C@@H](C(=O)[O-])N1C(=O)/C(=C\c2ccc(-c3ccc(OC)cc3)o2)SC1=S. The molecule has 8 heteroatoms. The highest BCUT2D eigenvalue weighted by atomic mass is 32.2. The zero-order valence-electron chi connectivity index (χ0n) is 15.3. The zero-order chi connectivity index (χ0) is 20.3. The third-order valence-electron chi connectivity index (χ3n) is 4.24. The average Bonchev–Trinajstić information content (AvgIpc) is 3.25. The van der Waals surface area contributed by atoms with Crippen molar-refractivity contribution in [2.24, 2.45) is 0 Å². The third kappa shape index (κ3) is 4.13. The molecule has 1 aliphatic rings. The second kappa shape index (κ2) is 8.62. The van der Waals surface area contributed by atoms with Gasteiger partial charge < -0.3 is 19.1 Å². The molecule has 6 nitrogen and oxygen atoms in total. The second-order valence-corrected chi connectivity index (χ2v) is 7.78. The number of thioether (sulfide) groups is 1. The lowest BCUT2D eigenvalue weighted by molar-refractivity contribution is -0.310. The Morgan fingerprint density at radius 3 is 2.64 bits per heavy atom. The molecule has 3 rings (SSSR count). The predicted molar refractivity (Wildman–Crippen MR) is 109 cm³/mol. The van der Waals surface area contributed by atoms with Crippen LogP contribution in [-0.4, -0.2) is 34.2 Å². The van der Waals surface area contributed by atoms with E-state index in [1.54, 1.807) is 25.3 Å². The van der Waals surface area contributed by atoms with Crippen molar-refractivity contribution in [3.05, 3.63) is 47.1 Å². The monoisotopic (exact) mass is 416 g/mol. The normalized spacial score (nSPS) is 16.6. The van der Waals surface area contributed by atoms with E-state index in [4.69, 9.17) is 21.4 Å². The molecule has 2 aromatic rings. The Kier molecular flexibility index (Phi) is 6.21. The van der Waals surface area contributed by atoms with Gasteiger partial charge in [-0.15, -0.1) is 0 Å². The molecule has 1 atom stereocenters. The van der Waals surface area contributed by atoms with E-state index in [-0.39, 0.29) is 10.7 Å². The van der Waals surface area contributed by atoms with Crippen LogP contribution in [0.3, 0.4) is 0 Å². The molecule has 1 aromatic heterocycles. The number of carbonyl (C=O) groups excluding carboxylic acids is 2. The first-order valence-electron chi connectivity index (χ1n) is 8.66. The average molecular weight is 417 g/mol. The summed E-state index contributed by atoms with van der Waals surface area (Å²) < 4.78 is 11.2. The van der Waals surface area contributed by atoms with E-state index in [9.17, 15) is 14.7 Å². The number of methoxy groups -OCH3 is 1. The number of thiocarbonyl (C=S) groups is 1. The summed E-state index contributed by atoms with van der Waals surface area (Å²) in [5.74, 6) is 0.114. The van der Waals surface area contributed by atoms with Crippen LogP contribution in [0, 0.1) is 0 Å². The van der Waals surface area contributed by atoms with E-state index >= 15 is 0 Å². The number of aliphatic carboxylic acids is 1.